The summed E-state index contributed by atoms with van der Waals surface area (Å²) in [6, 6.07) is 0. The first-order valence-electron chi connectivity index (χ1n) is 5.37. The molecule has 1 rings (SSSR count). The maximum atomic E-state index is 11.6. The Labute approximate surface area is 94.9 Å². The second kappa shape index (κ2) is 5.12. The number of carbonyl (C=O) groups is 1. The zero-order valence-electron chi connectivity index (χ0n) is 9.91. The first-order valence-corrected chi connectivity index (χ1v) is 5.37. The van der Waals surface area contributed by atoms with Crippen LogP contribution < -0.4 is 5.32 Å². The number of hydrogen-bond acceptors (Lipinski definition) is 4. The van der Waals surface area contributed by atoms with Gasteiger partial charge < -0.3 is 14.8 Å². The third-order valence-electron chi connectivity index (χ3n) is 2.37. The van der Waals surface area contributed by atoms with Gasteiger partial charge in [0.05, 0.1) is 11.3 Å². The molecular formula is C11H18N2O3. The van der Waals surface area contributed by atoms with Gasteiger partial charge in [-0.3, -0.25) is 4.79 Å². The molecule has 1 aromatic heterocycles. The number of oxazole rings is 1. The number of carbonyl (C=O) groups excluding carboxylic acids is 1. The number of hydrogen-bond donors (Lipinski definition) is 2. The Balaban J connectivity index is 2.51. The molecule has 1 amide bonds. The van der Waals surface area contributed by atoms with Crippen LogP contribution in [0.15, 0.2) is 10.8 Å². The Bertz CT molecular complexity index is 358. The molecule has 0 aliphatic carbocycles. The summed E-state index contributed by atoms with van der Waals surface area (Å²) in [6.45, 7) is 5.59. The van der Waals surface area contributed by atoms with Crippen molar-refractivity contribution in [2.75, 3.05) is 6.54 Å². The van der Waals surface area contributed by atoms with Crippen molar-refractivity contribution in [3.05, 3.63) is 17.8 Å². The summed E-state index contributed by atoms with van der Waals surface area (Å²) < 4.78 is 4.95. The minimum Gasteiger partial charge on any atom is -0.438 e. The first kappa shape index (κ1) is 12.7. The molecule has 0 spiro atoms. The van der Waals surface area contributed by atoms with E-state index in [1.165, 1.54) is 6.39 Å². The summed E-state index contributed by atoms with van der Waals surface area (Å²) in [5.74, 6) is -0.140. The van der Waals surface area contributed by atoms with Crippen molar-refractivity contribution in [2.45, 2.75) is 39.2 Å². The molecule has 5 nitrogen and oxygen atoms in total. The molecule has 1 heterocycles. The van der Waals surface area contributed by atoms with E-state index in [1.807, 2.05) is 6.92 Å². The van der Waals surface area contributed by atoms with E-state index in [0.29, 0.717) is 12.1 Å². The zero-order chi connectivity index (χ0) is 12.2. The fourth-order valence-electron chi connectivity index (χ4n) is 1.50. The highest BCUT2D eigenvalue weighted by molar-refractivity contribution is 5.92. The number of nitrogens with zero attached hydrogens (tertiary/aromatic N) is 1. The predicted octanol–water partition coefficient (Wildman–Crippen LogP) is 1.26. The zero-order valence-corrected chi connectivity index (χ0v) is 9.91. The molecule has 5 heteroatoms. The number of rotatable bonds is 5. The molecule has 0 bridgehead atoms. The molecule has 0 radical (unpaired) electrons. The lowest BCUT2D eigenvalue weighted by molar-refractivity contribution is 0.0463. The monoisotopic (exact) mass is 226 g/mol. The average Bonchev–Trinajstić information content (AvgIpc) is 2.61. The summed E-state index contributed by atoms with van der Waals surface area (Å²) in [7, 11) is 0. The van der Waals surface area contributed by atoms with Crippen molar-refractivity contribution in [3.63, 3.8) is 0 Å². The van der Waals surface area contributed by atoms with Gasteiger partial charge >= 0.3 is 0 Å². The Morgan fingerprint density at radius 2 is 2.38 bits per heavy atom. The third-order valence-corrected chi connectivity index (χ3v) is 2.37. The van der Waals surface area contributed by atoms with Gasteiger partial charge in [0.15, 0.2) is 6.39 Å². The van der Waals surface area contributed by atoms with Crippen molar-refractivity contribution in [1.82, 2.24) is 10.3 Å². The lowest BCUT2D eigenvalue weighted by atomic mass is 10.0. The molecule has 0 fully saturated rings. The number of aryl methyl sites for hydroxylation is 1. The van der Waals surface area contributed by atoms with Gasteiger partial charge in [-0.05, 0) is 20.3 Å². The lowest BCUT2D eigenvalue weighted by Crippen LogP contribution is -2.40. The largest absolute Gasteiger partial charge is 0.438 e. The summed E-state index contributed by atoms with van der Waals surface area (Å²) in [5.41, 5.74) is -0.328. The maximum Gasteiger partial charge on any atom is 0.289 e. The molecule has 1 aromatic rings. The van der Waals surface area contributed by atoms with Crippen LogP contribution in [-0.2, 0) is 0 Å². The van der Waals surface area contributed by atoms with E-state index >= 15 is 0 Å². The Morgan fingerprint density at radius 1 is 1.69 bits per heavy atom. The molecule has 2 N–H and O–H groups in total. The van der Waals surface area contributed by atoms with Gasteiger partial charge in [-0.25, -0.2) is 4.98 Å². The van der Waals surface area contributed by atoms with Crippen molar-refractivity contribution in [2.24, 2.45) is 0 Å². The molecular weight excluding hydrogens is 208 g/mol. The molecule has 90 valence electrons. The molecule has 0 aliphatic heterocycles. The number of aliphatic hydroxyl groups is 1. The quantitative estimate of drug-likeness (QED) is 0.792. The van der Waals surface area contributed by atoms with E-state index in [-0.39, 0.29) is 18.2 Å². The highest BCUT2D eigenvalue weighted by atomic mass is 16.3. The Morgan fingerprint density at radius 3 is 2.88 bits per heavy atom. The van der Waals surface area contributed by atoms with Gasteiger partial charge in [-0.2, -0.15) is 0 Å². The van der Waals surface area contributed by atoms with Crippen molar-refractivity contribution in [3.8, 4) is 0 Å². The SMILES string of the molecule is CCCC(C)(O)CNC(=O)c1ocnc1C. The van der Waals surface area contributed by atoms with Gasteiger partial charge in [-0.15, -0.1) is 0 Å². The lowest BCUT2D eigenvalue weighted by Gasteiger charge is -2.22. The highest BCUT2D eigenvalue weighted by Crippen LogP contribution is 2.11. The van der Waals surface area contributed by atoms with Crippen LogP contribution >= 0.6 is 0 Å². The standard InChI is InChI=1S/C11H18N2O3/c1-4-5-11(3,15)6-12-10(14)9-8(2)13-7-16-9/h7,15H,4-6H2,1-3H3,(H,12,14). The van der Waals surface area contributed by atoms with E-state index < -0.39 is 5.60 Å². The fraction of sp³-hybridized carbons (Fsp3) is 0.636. The van der Waals surface area contributed by atoms with Gasteiger partial charge in [0.25, 0.3) is 5.91 Å². The number of nitrogens with one attached hydrogen (secondary N) is 1. The second-order valence-electron chi connectivity index (χ2n) is 4.20. The molecule has 1 atom stereocenters. The number of amides is 1. The Kier molecular flexibility index (Phi) is 4.06. The summed E-state index contributed by atoms with van der Waals surface area (Å²) in [4.78, 5) is 15.5. The summed E-state index contributed by atoms with van der Waals surface area (Å²) in [6.07, 6.45) is 2.74. The van der Waals surface area contributed by atoms with E-state index in [4.69, 9.17) is 4.42 Å². The van der Waals surface area contributed by atoms with Crippen molar-refractivity contribution >= 4 is 5.91 Å². The molecule has 0 saturated heterocycles. The molecule has 0 aliphatic rings. The fourth-order valence-corrected chi connectivity index (χ4v) is 1.50. The van der Waals surface area contributed by atoms with Crippen LogP contribution in [-0.4, -0.2) is 28.1 Å². The summed E-state index contributed by atoms with van der Waals surface area (Å²) in [5, 5.41) is 12.5. The van der Waals surface area contributed by atoms with Crippen LogP contribution in [0, 0.1) is 6.92 Å². The van der Waals surface area contributed by atoms with Crippen LogP contribution in [0.2, 0.25) is 0 Å². The highest BCUT2D eigenvalue weighted by Gasteiger charge is 2.22. The smallest absolute Gasteiger partial charge is 0.289 e. The topological polar surface area (TPSA) is 75.4 Å². The van der Waals surface area contributed by atoms with Gasteiger partial charge in [0, 0.05) is 6.54 Å². The normalized spacial score (nSPS) is 14.5. The van der Waals surface area contributed by atoms with Crippen LogP contribution in [0.1, 0.15) is 42.9 Å². The first-order chi connectivity index (χ1) is 7.46. The van der Waals surface area contributed by atoms with Crippen molar-refractivity contribution in [1.29, 1.82) is 0 Å². The van der Waals surface area contributed by atoms with Crippen LogP contribution in [0.5, 0.6) is 0 Å². The van der Waals surface area contributed by atoms with E-state index in [1.54, 1.807) is 13.8 Å². The van der Waals surface area contributed by atoms with E-state index in [2.05, 4.69) is 10.3 Å². The minimum absolute atomic E-state index is 0.201. The van der Waals surface area contributed by atoms with Gasteiger partial charge in [-0.1, -0.05) is 13.3 Å². The minimum atomic E-state index is -0.877. The molecule has 1 unspecified atom stereocenters. The van der Waals surface area contributed by atoms with Crippen LogP contribution in [0.3, 0.4) is 0 Å². The van der Waals surface area contributed by atoms with Gasteiger partial charge in [0.2, 0.25) is 5.76 Å². The molecule has 0 saturated carbocycles. The predicted molar refractivity (Wildman–Crippen MR) is 59.1 cm³/mol. The number of aromatic nitrogens is 1. The maximum absolute atomic E-state index is 11.6. The second-order valence-corrected chi connectivity index (χ2v) is 4.20. The summed E-state index contributed by atoms with van der Waals surface area (Å²) >= 11 is 0. The third kappa shape index (κ3) is 3.34. The van der Waals surface area contributed by atoms with Crippen LogP contribution in [0.4, 0.5) is 0 Å². The van der Waals surface area contributed by atoms with Crippen LogP contribution in [0.25, 0.3) is 0 Å². The van der Waals surface area contributed by atoms with E-state index in [0.717, 1.165) is 6.42 Å². The van der Waals surface area contributed by atoms with Gasteiger partial charge in [0.1, 0.15) is 0 Å². The molecule has 0 aromatic carbocycles. The van der Waals surface area contributed by atoms with E-state index in [9.17, 15) is 9.90 Å². The average molecular weight is 226 g/mol. The molecule has 16 heavy (non-hydrogen) atoms. The Hall–Kier alpha value is -1.36. The van der Waals surface area contributed by atoms with Crippen molar-refractivity contribution < 1.29 is 14.3 Å².